The number of aromatic amines is 1. The Morgan fingerprint density at radius 3 is 2.86 bits per heavy atom. The fraction of sp³-hybridized carbons (Fsp3) is 0.556. The van der Waals surface area contributed by atoms with Gasteiger partial charge >= 0.3 is 0 Å². The van der Waals surface area contributed by atoms with Crippen LogP contribution < -0.4 is 11.1 Å². The number of hydrogen-bond acceptors (Lipinski definition) is 3. The molecule has 1 amide bonds. The van der Waals surface area contributed by atoms with Gasteiger partial charge in [-0.05, 0) is 12.8 Å². The quantitative estimate of drug-likeness (QED) is 0.646. The average Bonchev–Trinajstić information content (AvgIpc) is 2.75. The normalized spacial score (nSPS) is 17.1. The molecule has 0 aliphatic heterocycles. The summed E-state index contributed by atoms with van der Waals surface area (Å²) in [5.41, 5.74) is 5.84. The molecule has 0 saturated heterocycles. The first kappa shape index (κ1) is 9.05. The van der Waals surface area contributed by atoms with Crippen LogP contribution in [0.5, 0.6) is 0 Å². The van der Waals surface area contributed by atoms with E-state index in [1.54, 1.807) is 6.07 Å². The van der Waals surface area contributed by atoms with Crippen LogP contribution in [0.15, 0.2) is 6.07 Å². The van der Waals surface area contributed by atoms with Gasteiger partial charge in [0.2, 0.25) is 0 Å². The molecule has 5 nitrogen and oxygen atoms in total. The van der Waals surface area contributed by atoms with Crippen molar-refractivity contribution < 1.29 is 4.79 Å². The van der Waals surface area contributed by atoms with E-state index in [0.29, 0.717) is 17.6 Å². The van der Waals surface area contributed by atoms with Gasteiger partial charge < -0.3 is 11.1 Å². The summed E-state index contributed by atoms with van der Waals surface area (Å²) in [7, 11) is 0. The standard InChI is InChI=1S/C9H14N4O/c10-8-5-7(12-13-8)9(14)11-6-3-1-2-4-6/h5-6H,1-4H2,(H,11,14)(H3,10,12,13). The fourth-order valence-electron chi connectivity index (χ4n) is 1.79. The lowest BCUT2D eigenvalue weighted by Crippen LogP contribution is -2.32. The molecule has 0 radical (unpaired) electrons. The number of carbonyl (C=O) groups excluding carboxylic acids is 1. The highest BCUT2D eigenvalue weighted by Gasteiger charge is 2.18. The predicted molar refractivity (Wildman–Crippen MR) is 52.7 cm³/mol. The summed E-state index contributed by atoms with van der Waals surface area (Å²) < 4.78 is 0. The van der Waals surface area contributed by atoms with Gasteiger partial charge in [0, 0.05) is 12.1 Å². The fourth-order valence-corrected chi connectivity index (χ4v) is 1.79. The van der Waals surface area contributed by atoms with Crippen molar-refractivity contribution >= 4 is 11.7 Å². The third kappa shape index (κ3) is 1.86. The van der Waals surface area contributed by atoms with Crippen molar-refractivity contribution in [2.75, 3.05) is 5.73 Å². The molecule has 5 heteroatoms. The molecule has 0 atom stereocenters. The maximum absolute atomic E-state index is 11.6. The maximum atomic E-state index is 11.6. The molecule has 0 bridgehead atoms. The summed E-state index contributed by atoms with van der Waals surface area (Å²) in [6.45, 7) is 0. The Labute approximate surface area is 82.1 Å². The second-order valence-corrected chi connectivity index (χ2v) is 3.66. The number of nitrogen functional groups attached to an aromatic ring is 1. The van der Waals surface area contributed by atoms with Crippen molar-refractivity contribution in [3.63, 3.8) is 0 Å². The molecule has 4 N–H and O–H groups in total. The topological polar surface area (TPSA) is 83.8 Å². The van der Waals surface area contributed by atoms with Crippen LogP contribution in [0.2, 0.25) is 0 Å². The number of carbonyl (C=O) groups is 1. The van der Waals surface area contributed by atoms with Crippen molar-refractivity contribution in [2.24, 2.45) is 0 Å². The number of nitrogens with two attached hydrogens (primary N) is 1. The zero-order chi connectivity index (χ0) is 9.97. The van der Waals surface area contributed by atoms with E-state index in [9.17, 15) is 4.79 Å². The number of amides is 1. The van der Waals surface area contributed by atoms with E-state index >= 15 is 0 Å². The van der Waals surface area contributed by atoms with E-state index in [2.05, 4.69) is 15.5 Å². The number of anilines is 1. The molecule has 0 unspecified atom stereocenters. The molecule has 2 rings (SSSR count). The Hall–Kier alpha value is -1.52. The molecule has 1 fully saturated rings. The predicted octanol–water partition coefficient (Wildman–Crippen LogP) is 0.664. The van der Waals surface area contributed by atoms with Crippen molar-refractivity contribution in [1.29, 1.82) is 0 Å². The summed E-state index contributed by atoms with van der Waals surface area (Å²) in [6.07, 6.45) is 4.57. The molecule has 0 spiro atoms. The first-order valence-corrected chi connectivity index (χ1v) is 4.87. The van der Waals surface area contributed by atoms with E-state index in [4.69, 9.17) is 5.73 Å². The summed E-state index contributed by atoms with van der Waals surface area (Å²) in [5.74, 6) is 0.239. The van der Waals surface area contributed by atoms with Crippen molar-refractivity contribution in [2.45, 2.75) is 31.7 Å². The van der Waals surface area contributed by atoms with E-state index in [1.165, 1.54) is 12.8 Å². The molecule has 1 aliphatic carbocycles. The minimum atomic E-state index is -0.110. The molecule has 0 aromatic carbocycles. The van der Waals surface area contributed by atoms with Gasteiger partial charge in [0.1, 0.15) is 11.5 Å². The molecular weight excluding hydrogens is 180 g/mol. The highest BCUT2D eigenvalue weighted by Crippen LogP contribution is 2.17. The Morgan fingerprint density at radius 2 is 2.29 bits per heavy atom. The first-order chi connectivity index (χ1) is 6.75. The Kier molecular flexibility index (Phi) is 2.39. The summed E-state index contributed by atoms with van der Waals surface area (Å²) in [4.78, 5) is 11.6. The lowest BCUT2D eigenvalue weighted by Gasteiger charge is -2.09. The van der Waals surface area contributed by atoms with Crippen LogP contribution in [-0.4, -0.2) is 22.1 Å². The number of nitrogens with zero attached hydrogens (tertiary/aromatic N) is 1. The van der Waals surface area contributed by atoms with Gasteiger partial charge in [-0.25, -0.2) is 0 Å². The third-order valence-electron chi connectivity index (χ3n) is 2.53. The van der Waals surface area contributed by atoms with Crippen molar-refractivity contribution in [1.82, 2.24) is 15.5 Å². The smallest absolute Gasteiger partial charge is 0.269 e. The highest BCUT2D eigenvalue weighted by molar-refractivity contribution is 5.93. The van der Waals surface area contributed by atoms with E-state index < -0.39 is 0 Å². The summed E-state index contributed by atoms with van der Waals surface area (Å²) >= 11 is 0. The van der Waals surface area contributed by atoms with Gasteiger partial charge in [0.25, 0.3) is 5.91 Å². The zero-order valence-corrected chi connectivity index (χ0v) is 7.92. The number of aromatic nitrogens is 2. The number of H-pyrrole nitrogens is 1. The Balaban J connectivity index is 1.95. The van der Waals surface area contributed by atoms with Gasteiger partial charge in [-0.2, -0.15) is 5.10 Å². The molecule has 1 saturated carbocycles. The Bertz CT molecular complexity index is 327. The number of hydrogen-bond donors (Lipinski definition) is 3. The molecule has 14 heavy (non-hydrogen) atoms. The summed E-state index contributed by atoms with van der Waals surface area (Å²) in [6, 6.07) is 1.87. The van der Waals surface area contributed by atoms with E-state index in [-0.39, 0.29) is 5.91 Å². The molecule has 1 heterocycles. The minimum Gasteiger partial charge on any atom is -0.382 e. The van der Waals surface area contributed by atoms with E-state index in [0.717, 1.165) is 12.8 Å². The molecule has 1 aromatic heterocycles. The van der Waals surface area contributed by atoms with Gasteiger partial charge in [0.15, 0.2) is 0 Å². The van der Waals surface area contributed by atoms with Gasteiger partial charge in [-0.3, -0.25) is 9.89 Å². The van der Waals surface area contributed by atoms with Crippen molar-refractivity contribution in [3.05, 3.63) is 11.8 Å². The zero-order valence-electron chi connectivity index (χ0n) is 7.92. The Morgan fingerprint density at radius 1 is 1.57 bits per heavy atom. The van der Waals surface area contributed by atoms with Crippen LogP contribution in [0.4, 0.5) is 5.82 Å². The SMILES string of the molecule is Nc1cc(C(=O)NC2CCCC2)[nH]n1. The van der Waals surface area contributed by atoms with Crippen molar-refractivity contribution in [3.8, 4) is 0 Å². The molecule has 76 valence electrons. The lowest BCUT2D eigenvalue weighted by molar-refractivity contribution is 0.0933. The van der Waals surface area contributed by atoms with Gasteiger partial charge in [-0.1, -0.05) is 12.8 Å². The maximum Gasteiger partial charge on any atom is 0.269 e. The second-order valence-electron chi connectivity index (χ2n) is 3.66. The largest absolute Gasteiger partial charge is 0.382 e. The highest BCUT2D eigenvalue weighted by atomic mass is 16.2. The monoisotopic (exact) mass is 194 g/mol. The minimum absolute atomic E-state index is 0.110. The third-order valence-corrected chi connectivity index (χ3v) is 2.53. The van der Waals surface area contributed by atoms with Crippen LogP contribution >= 0.6 is 0 Å². The van der Waals surface area contributed by atoms with Crippen LogP contribution in [0.25, 0.3) is 0 Å². The van der Waals surface area contributed by atoms with Crippen LogP contribution in [0, 0.1) is 0 Å². The second kappa shape index (κ2) is 3.69. The van der Waals surface area contributed by atoms with Gasteiger partial charge in [-0.15, -0.1) is 0 Å². The van der Waals surface area contributed by atoms with Crippen LogP contribution in [0.3, 0.4) is 0 Å². The first-order valence-electron chi connectivity index (χ1n) is 4.87. The number of nitrogens with one attached hydrogen (secondary N) is 2. The molecule has 1 aromatic rings. The average molecular weight is 194 g/mol. The van der Waals surface area contributed by atoms with Crippen LogP contribution in [0.1, 0.15) is 36.2 Å². The lowest BCUT2D eigenvalue weighted by atomic mass is 10.2. The van der Waals surface area contributed by atoms with E-state index in [1.807, 2.05) is 0 Å². The van der Waals surface area contributed by atoms with Crippen LogP contribution in [-0.2, 0) is 0 Å². The van der Waals surface area contributed by atoms with Gasteiger partial charge in [0.05, 0.1) is 0 Å². The molecular formula is C9H14N4O. The number of rotatable bonds is 2. The molecule has 1 aliphatic rings. The summed E-state index contributed by atoms with van der Waals surface area (Å²) in [5, 5.41) is 9.24.